The summed E-state index contributed by atoms with van der Waals surface area (Å²) >= 11 is 1.38. The molecule has 2 aromatic carbocycles. The number of hydrogen-bond acceptors (Lipinski definition) is 5. The number of carbonyl (C=O) groups excluding carboxylic acids is 2. The molecule has 3 aromatic rings. The summed E-state index contributed by atoms with van der Waals surface area (Å²) in [5.74, 6) is -0.758. The number of esters is 1. The van der Waals surface area contributed by atoms with Crippen molar-refractivity contribution in [1.82, 2.24) is 4.98 Å². The van der Waals surface area contributed by atoms with Gasteiger partial charge in [-0.15, -0.1) is 11.3 Å². The molecule has 1 aliphatic rings. The van der Waals surface area contributed by atoms with Gasteiger partial charge in [0.05, 0.1) is 0 Å². The topological polar surface area (TPSA) is 56.3 Å². The summed E-state index contributed by atoms with van der Waals surface area (Å²) < 4.78 is 5.19. The summed E-state index contributed by atoms with van der Waals surface area (Å²) in [5.41, 5.74) is 5.50. The first-order valence-corrected chi connectivity index (χ1v) is 9.83. The second-order valence-corrected chi connectivity index (χ2v) is 7.60. The quantitative estimate of drug-likeness (QED) is 0.480. The standard InChI is InChI=1S/C22H19NO3S/c1-14-5-7-16(8-6-14)21-23-19(13-27-21)22(25)26-12-20(24)18-10-9-15-3-2-4-17(15)11-18/h5-11,13H,2-4,12H2,1H3. The fraction of sp³-hybridized carbons (Fsp3) is 0.227. The van der Waals surface area contributed by atoms with Crippen molar-refractivity contribution in [3.8, 4) is 10.6 Å². The maximum absolute atomic E-state index is 12.3. The molecule has 136 valence electrons. The SMILES string of the molecule is Cc1ccc(-c2nc(C(=O)OCC(=O)c3ccc4c(c3)CCC4)cs2)cc1. The van der Waals surface area contributed by atoms with Crippen molar-refractivity contribution in [2.45, 2.75) is 26.2 Å². The molecule has 0 amide bonds. The Morgan fingerprint density at radius 2 is 1.85 bits per heavy atom. The lowest BCUT2D eigenvalue weighted by atomic mass is 10.0. The number of nitrogens with zero attached hydrogens (tertiary/aromatic N) is 1. The van der Waals surface area contributed by atoms with Crippen LogP contribution in [0.4, 0.5) is 0 Å². The normalized spacial score (nSPS) is 12.6. The highest BCUT2D eigenvalue weighted by Crippen LogP contribution is 2.25. The number of benzene rings is 2. The van der Waals surface area contributed by atoms with Crippen LogP contribution in [0.3, 0.4) is 0 Å². The number of Topliss-reactive ketones (excluding diaryl/α,β-unsaturated/α-hetero) is 1. The van der Waals surface area contributed by atoms with E-state index in [9.17, 15) is 9.59 Å². The molecule has 0 N–H and O–H groups in total. The van der Waals surface area contributed by atoms with E-state index >= 15 is 0 Å². The van der Waals surface area contributed by atoms with Gasteiger partial charge in [0, 0.05) is 16.5 Å². The van der Waals surface area contributed by atoms with E-state index in [0.717, 1.165) is 29.8 Å². The number of hydrogen-bond donors (Lipinski definition) is 0. The maximum atomic E-state index is 12.3. The van der Waals surface area contributed by atoms with Gasteiger partial charge in [-0.3, -0.25) is 4.79 Å². The van der Waals surface area contributed by atoms with Crippen molar-refractivity contribution in [3.05, 3.63) is 75.8 Å². The molecule has 0 radical (unpaired) electrons. The molecule has 1 aliphatic carbocycles. The predicted molar refractivity (Wildman–Crippen MR) is 105 cm³/mol. The summed E-state index contributed by atoms with van der Waals surface area (Å²) in [5, 5.41) is 2.42. The molecule has 0 saturated carbocycles. The third-order valence-electron chi connectivity index (χ3n) is 4.77. The fourth-order valence-corrected chi connectivity index (χ4v) is 4.03. The van der Waals surface area contributed by atoms with E-state index in [2.05, 4.69) is 4.98 Å². The molecule has 0 spiro atoms. The first-order chi connectivity index (χ1) is 13.1. The van der Waals surface area contributed by atoms with Gasteiger partial charge < -0.3 is 4.74 Å². The Labute approximate surface area is 161 Å². The first kappa shape index (κ1) is 17.6. The van der Waals surface area contributed by atoms with Gasteiger partial charge in [0.25, 0.3) is 0 Å². The molecule has 1 heterocycles. The van der Waals surface area contributed by atoms with Crippen molar-refractivity contribution >= 4 is 23.1 Å². The smallest absolute Gasteiger partial charge is 0.358 e. The number of thiazole rings is 1. The van der Waals surface area contributed by atoms with Crippen LogP contribution in [0.25, 0.3) is 10.6 Å². The highest BCUT2D eigenvalue weighted by molar-refractivity contribution is 7.13. The summed E-state index contributed by atoms with van der Waals surface area (Å²) in [4.78, 5) is 28.9. The Kier molecular flexibility index (Phi) is 4.86. The summed E-state index contributed by atoms with van der Waals surface area (Å²) in [6.07, 6.45) is 3.22. The molecule has 27 heavy (non-hydrogen) atoms. The van der Waals surface area contributed by atoms with Gasteiger partial charge in [-0.05, 0) is 43.4 Å². The van der Waals surface area contributed by atoms with Crippen molar-refractivity contribution in [2.75, 3.05) is 6.61 Å². The summed E-state index contributed by atoms with van der Waals surface area (Å²) in [6, 6.07) is 13.7. The molecule has 0 atom stereocenters. The molecule has 4 rings (SSSR count). The number of fused-ring (bicyclic) bond motifs is 1. The lowest BCUT2D eigenvalue weighted by Crippen LogP contribution is -2.14. The first-order valence-electron chi connectivity index (χ1n) is 8.95. The third kappa shape index (κ3) is 3.83. The lowest BCUT2D eigenvalue weighted by molar-refractivity contribution is 0.0470. The number of aromatic nitrogens is 1. The van der Waals surface area contributed by atoms with Crippen LogP contribution in [0.1, 0.15) is 44.0 Å². The summed E-state index contributed by atoms with van der Waals surface area (Å²) in [6.45, 7) is 1.75. The van der Waals surface area contributed by atoms with E-state index in [4.69, 9.17) is 4.74 Å². The van der Waals surface area contributed by atoms with Gasteiger partial charge in [0.2, 0.25) is 0 Å². The average Bonchev–Trinajstić information content (AvgIpc) is 3.35. The minimum absolute atomic E-state index is 0.188. The molecule has 1 aromatic heterocycles. The molecule has 0 aliphatic heterocycles. The summed E-state index contributed by atoms with van der Waals surface area (Å²) in [7, 11) is 0. The zero-order chi connectivity index (χ0) is 18.8. The van der Waals surface area contributed by atoms with E-state index in [1.807, 2.05) is 49.4 Å². The molecule has 0 unspecified atom stereocenters. The van der Waals surface area contributed by atoms with Crippen LogP contribution in [0.15, 0.2) is 47.8 Å². The Hall–Kier alpha value is -2.79. The van der Waals surface area contributed by atoms with Gasteiger partial charge in [0.15, 0.2) is 18.1 Å². The zero-order valence-electron chi connectivity index (χ0n) is 15.0. The Morgan fingerprint density at radius 1 is 1.07 bits per heavy atom. The molecule has 0 bridgehead atoms. The maximum Gasteiger partial charge on any atom is 0.358 e. The number of carbonyl (C=O) groups is 2. The van der Waals surface area contributed by atoms with Crippen LogP contribution in [-0.4, -0.2) is 23.3 Å². The largest absolute Gasteiger partial charge is 0.453 e. The average molecular weight is 377 g/mol. The number of aryl methyl sites for hydroxylation is 3. The van der Waals surface area contributed by atoms with Crippen LogP contribution in [0, 0.1) is 6.92 Å². The van der Waals surface area contributed by atoms with Gasteiger partial charge >= 0.3 is 5.97 Å². The third-order valence-corrected chi connectivity index (χ3v) is 5.66. The van der Waals surface area contributed by atoms with E-state index in [0.29, 0.717) is 5.56 Å². The highest BCUT2D eigenvalue weighted by Gasteiger charge is 2.17. The molecule has 5 heteroatoms. The minimum Gasteiger partial charge on any atom is -0.453 e. The molecular weight excluding hydrogens is 358 g/mol. The molecule has 0 saturated heterocycles. The Bertz CT molecular complexity index is 1000. The van der Waals surface area contributed by atoms with Crippen LogP contribution in [0.5, 0.6) is 0 Å². The monoisotopic (exact) mass is 377 g/mol. The number of rotatable bonds is 5. The highest BCUT2D eigenvalue weighted by atomic mass is 32.1. The van der Waals surface area contributed by atoms with Gasteiger partial charge in [-0.25, -0.2) is 9.78 Å². The van der Waals surface area contributed by atoms with Gasteiger partial charge in [-0.2, -0.15) is 0 Å². The van der Waals surface area contributed by atoms with Crippen LogP contribution >= 0.6 is 11.3 Å². The van der Waals surface area contributed by atoms with E-state index in [1.165, 1.54) is 28.0 Å². The van der Waals surface area contributed by atoms with E-state index in [1.54, 1.807) is 5.38 Å². The fourth-order valence-electron chi connectivity index (χ4n) is 3.23. The predicted octanol–water partition coefficient (Wildman–Crippen LogP) is 4.65. The Morgan fingerprint density at radius 3 is 2.67 bits per heavy atom. The van der Waals surface area contributed by atoms with Crippen molar-refractivity contribution in [1.29, 1.82) is 0 Å². The van der Waals surface area contributed by atoms with Crippen molar-refractivity contribution < 1.29 is 14.3 Å². The van der Waals surface area contributed by atoms with Gasteiger partial charge in [-0.1, -0.05) is 42.0 Å². The molecule has 0 fully saturated rings. The van der Waals surface area contributed by atoms with Crippen molar-refractivity contribution in [3.63, 3.8) is 0 Å². The molecule has 4 nitrogen and oxygen atoms in total. The number of ether oxygens (including phenoxy) is 1. The second-order valence-electron chi connectivity index (χ2n) is 6.74. The second kappa shape index (κ2) is 7.45. The minimum atomic E-state index is -0.570. The zero-order valence-corrected chi connectivity index (χ0v) is 15.8. The lowest BCUT2D eigenvalue weighted by Gasteiger charge is -2.05. The van der Waals surface area contributed by atoms with E-state index in [-0.39, 0.29) is 18.1 Å². The Balaban J connectivity index is 1.39. The number of ketones is 1. The van der Waals surface area contributed by atoms with E-state index < -0.39 is 5.97 Å². The van der Waals surface area contributed by atoms with Crippen LogP contribution in [-0.2, 0) is 17.6 Å². The van der Waals surface area contributed by atoms with Crippen LogP contribution < -0.4 is 0 Å². The van der Waals surface area contributed by atoms with Gasteiger partial charge in [0.1, 0.15) is 5.01 Å². The molecular formula is C22H19NO3S. The van der Waals surface area contributed by atoms with Crippen molar-refractivity contribution in [2.24, 2.45) is 0 Å². The van der Waals surface area contributed by atoms with Crippen LogP contribution in [0.2, 0.25) is 0 Å².